The van der Waals surface area contributed by atoms with Crippen LogP contribution in [0.4, 0.5) is 10.5 Å². The van der Waals surface area contributed by atoms with Gasteiger partial charge in [0.2, 0.25) is 11.8 Å². The van der Waals surface area contributed by atoms with Crippen molar-refractivity contribution in [3.05, 3.63) is 64.7 Å². The number of anilines is 1. The van der Waals surface area contributed by atoms with Crippen LogP contribution in [-0.2, 0) is 19.1 Å². The molecule has 1 aliphatic carbocycles. The molecule has 1 fully saturated rings. The van der Waals surface area contributed by atoms with Gasteiger partial charge < -0.3 is 26.0 Å². The standard InChI is InChI=1S/C31H42N4O5/c1-19-13-15-22(16-14-19)27(28(37)34-26-20(2)9-7-10-21(26)3)35(23-11-8-12-23)29(38)24(17-18-25(32)36)33-30(39)40-31(4,5)6/h7,9-10,13-16,23-24,27H,8,11-12,17-18H2,1-6H3,(H2,32,36)(H,33,39)(H,34,37). The zero-order chi connectivity index (χ0) is 29.6. The number of carbonyl (C=O) groups excluding carboxylic acids is 4. The van der Waals surface area contributed by atoms with E-state index in [1.54, 1.807) is 25.7 Å². The number of amides is 4. The lowest BCUT2D eigenvalue weighted by atomic mass is 9.87. The smallest absolute Gasteiger partial charge is 0.408 e. The Morgan fingerprint density at radius 3 is 2.10 bits per heavy atom. The van der Waals surface area contributed by atoms with E-state index in [0.29, 0.717) is 11.3 Å². The van der Waals surface area contributed by atoms with Gasteiger partial charge in [0.25, 0.3) is 5.91 Å². The van der Waals surface area contributed by atoms with Gasteiger partial charge in [-0.25, -0.2) is 4.79 Å². The van der Waals surface area contributed by atoms with Gasteiger partial charge in [0, 0.05) is 18.2 Å². The zero-order valence-electron chi connectivity index (χ0n) is 24.4. The summed E-state index contributed by atoms with van der Waals surface area (Å²) >= 11 is 0. The monoisotopic (exact) mass is 550 g/mol. The summed E-state index contributed by atoms with van der Waals surface area (Å²) in [5.41, 5.74) is 8.80. The molecule has 1 aliphatic rings. The maximum atomic E-state index is 14.3. The third kappa shape index (κ3) is 8.07. The number of hydrogen-bond donors (Lipinski definition) is 3. The molecule has 2 aromatic carbocycles. The topological polar surface area (TPSA) is 131 Å². The molecule has 9 heteroatoms. The van der Waals surface area contributed by atoms with Crippen LogP contribution in [0.3, 0.4) is 0 Å². The number of benzene rings is 2. The summed E-state index contributed by atoms with van der Waals surface area (Å²) < 4.78 is 5.40. The second kappa shape index (κ2) is 13.0. The minimum Gasteiger partial charge on any atom is -0.444 e. The number of hydrogen-bond acceptors (Lipinski definition) is 5. The molecule has 0 spiro atoms. The van der Waals surface area contributed by atoms with Crippen LogP contribution in [0.15, 0.2) is 42.5 Å². The molecule has 0 bridgehead atoms. The van der Waals surface area contributed by atoms with Crippen molar-refractivity contribution < 1.29 is 23.9 Å². The number of nitrogens with zero attached hydrogens (tertiary/aromatic N) is 1. The van der Waals surface area contributed by atoms with Crippen LogP contribution in [-0.4, -0.2) is 46.4 Å². The van der Waals surface area contributed by atoms with Gasteiger partial charge in [0.05, 0.1) is 0 Å². The lowest BCUT2D eigenvalue weighted by molar-refractivity contribution is -0.146. The molecule has 0 saturated heterocycles. The molecule has 9 nitrogen and oxygen atoms in total. The molecule has 0 heterocycles. The number of ether oxygens (including phenoxy) is 1. The largest absolute Gasteiger partial charge is 0.444 e. The lowest BCUT2D eigenvalue weighted by Gasteiger charge is -2.43. The van der Waals surface area contributed by atoms with Gasteiger partial charge in [-0.1, -0.05) is 48.0 Å². The average molecular weight is 551 g/mol. The predicted octanol–water partition coefficient (Wildman–Crippen LogP) is 4.83. The summed E-state index contributed by atoms with van der Waals surface area (Å²) in [6.07, 6.45) is 1.44. The molecule has 2 unspecified atom stereocenters. The summed E-state index contributed by atoms with van der Waals surface area (Å²) in [5, 5.41) is 5.71. The molecule has 2 atom stereocenters. The maximum Gasteiger partial charge on any atom is 0.408 e. The first kappa shape index (κ1) is 30.7. The second-order valence-electron chi connectivity index (χ2n) is 11.6. The molecule has 2 aromatic rings. The third-order valence-corrected chi connectivity index (χ3v) is 7.04. The van der Waals surface area contributed by atoms with Crippen LogP contribution in [0.2, 0.25) is 0 Å². The fourth-order valence-electron chi connectivity index (χ4n) is 4.75. The number of nitrogens with two attached hydrogens (primary N) is 1. The van der Waals surface area contributed by atoms with Crippen molar-refractivity contribution in [2.45, 2.75) is 97.4 Å². The Morgan fingerprint density at radius 2 is 1.60 bits per heavy atom. The first-order valence-electron chi connectivity index (χ1n) is 13.8. The van der Waals surface area contributed by atoms with Crippen LogP contribution < -0.4 is 16.4 Å². The number of nitrogens with one attached hydrogen (secondary N) is 2. The summed E-state index contributed by atoms with van der Waals surface area (Å²) in [5.74, 6) is -1.41. The molecule has 0 aromatic heterocycles. The van der Waals surface area contributed by atoms with Crippen molar-refractivity contribution in [1.29, 1.82) is 0 Å². The van der Waals surface area contributed by atoms with Crippen LogP contribution in [0, 0.1) is 20.8 Å². The number of rotatable bonds is 10. The van der Waals surface area contributed by atoms with Crippen molar-refractivity contribution in [2.24, 2.45) is 5.73 Å². The van der Waals surface area contributed by atoms with Gasteiger partial charge >= 0.3 is 6.09 Å². The quantitative estimate of drug-likeness (QED) is 0.390. The fraction of sp³-hybridized carbons (Fsp3) is 0.484. The van der Waals surface area contributed by atoms with E-state index in [9.17, 15) is 19.2 Å². The lowest BCUT2D eigenvalue weighted by Crippen LogP contribution is -2.57. The third-order valence-electron chi connectivity index (χ3n) is 7.04. The minimum atomic E-state index is -1.11. The summed E-state index contributed by atoms with van der Waals surface area (Å²) in [7, 11) is 0. The molecule has 4 N–H and O–H groups in total. The first-order chi connectivity index (χ1) is 18.8. The van der Waals surface area contributed by atoms with E-state index in [-0.39, 0.29) is 24.8 Å². The van der Waals surface area contributed by atoms with Crippen LogP contribution in [0.5, 0.6) is 0 Å². The SMILES string of the molecule is Cc1ccc(C(C(=O)Nc2c(C)cccc2C)N(C(=O)C(CCC(N)=O)NC(=O)OC(C)(C)C)C2CCC2)cc1. The molecule has 4 amide bonds. The molecule has 40 heavy (non-hydrogen) atoms. The number of carbonyl (C=O) groups is 4. The molecule has 0 aliphatic heterocycles. The van der Waals surface area contributed by atoms with Gasteiger partial charge in [-0.05, 0) is 83.9 Å². The van der Waals surface area contributed by atoms with E-state index >= 15 is 0 Å². The fourth-order valence-corrected chi connectivity index (χ4v) is 4.75. The van der Waals surface area contributed by atoms with E-state index in [1.165, 1.54) is 0 Å². The van der Waals surface area contributed by atoms with Crippen molar-refractivity contribution in [3.63, 3.8) is 0 Å². The van der Waals surface area contributed by atoms with Crippen LogP contribution >= 0.6 is 0 Å². The Hall–Kier alpha value is -3.88. The second-order valence-corrected chi connectivity index (χ2v) is 11.6. The summed E-state index contributed by atoms with van der Waals surface area (Å²) in [6, 6.07) is 11.0. The van der Waals surface area contributed by atoms with Gasteiger partial charge in [-0.2, -0.15) is 0 Å². The summed E-state index contributed by atoms with van der Waals surface area (Å²) in [4.78, 5) is 54.4. The van der Waals surface area contributed by atoms with Crippen molar-refractivity contribution in [2.75, 3.05) is 5.32 Å². The molecule has 216 valence electrons. The molecule has 3 rings (SSSR count). The Balaban J connectivity index is 2.04. The van der Waals surface area contributed by atoms with E-state index in [2.05, 4.69) is 10.6 Å². The highest BCUT2D eigenvalue weighted by Gasteiger charge is 2.42. The van der Waals surface area contributed by atoms with Crippen molar-refractivity contribution >= 4 is 29.5 Å². The number of primary amides is 1. The van der Waals surface area contributed by atoms with Gasteiger partial charge in [0.15, 0.2) is 0 Å². The molecular weight excluding hydrogens is 508 g/mol. The van der Waals surface area contributed by atoms with Crippen LogP contribution in [0.1, 0.15) is 81.2 Å². The highest BCUT2D eigenvalue weighted by Crippen LogP contribution is 2.35. The maximum absolute atomic E-state index is 14.3. The Morgan fingerprint density at radius 1 is 1.00 bits per heavy atom. The van der Waals surface area contributed by atoms with Gasteiger partial charge in [-0.15, -0.1) is 0 Å². The van der Waals surface area contributed by atoms with Gasteiger partial charge in [0.1, 0.15) is 17.7 Å². The van der Waals surface area contributed by atoms with E-state index in [0.717, 1.165) is 36.0 Å². The van der Waals surface area contributed by atoms with E-state index in [4.69, 9.17) is 10.5 Å². The number of alkyl carbamates (subject to hydrolysis) is 1. The highest BCUT2D eigenvalue weighted by atomic mass is 16.6. The average Bonchev–Trinajstić information content (AvgIpc) is 2.82. The summed E-state index contributed by atoms with van der Waals surface area (Å²) in [6.45, 7) is 11.0. The normalized spacial score (nSPS) is 14.8. The van der Waals surface area contributed by atoms with E-state index in [1.807, 2.05) is 63.2 Å². The zero-order valence-corrected chi connectivity index (χ0v) is 24.4. The number of para-hydroxylation sites is 1. The molecule has 0 radical (unpaired) electrons. The van der Waals surface area contributed by atoms with Crippen molar-refractivity contribution in [1.82, 2.24) is 10.2 Å². The first-order valence-corrected chi connectivity index (χ1v) is 13.8. The van der Waals surface area contributed by atoms with E-state index < -0.39 is 35.6 Å². The van der Waals surface area contributed by atoms with Crippen LogP contribution in [0.25, 0.3) is 0 Å². The van der Waals surface area contributed by atoms with Gasteiger partial charge in [-0.3, -0.25) is 14.4 Å². The molecule has 1 saturated carbocycles. The minimum absolute atomic E-state index is 0.0181. The Kier molecular flexibility index (Phi) is 9.95. The highest BCUT2D eigenvalue weighted by molar-refractivity contribution is 6.00. The van der Waals surface area contributed by atoms with Crippen molar-refractivity contribution in [3.8, 4) is 0 Å². The molecular formula is C31H42N4O5. The predicted molar refractivity (Wildman–Crippen MR) is 155 cm³/mol. The Labute approximate surface area is 236 Å². The number of aryl methyl sites for hydroxylation is 3. The Bertz CT molecular complexity index is 1210.